The van der Waals surface area contributed by atoms with E-state index in [9.17, 15) is 0 Å². The predicted molar refractivity (Wildman–Crippen MR) is 245 cm³/mol. The van der Waals surface area contributed by atoms with Gasteiger partial charge in [-0.05, 0) is 107 Å². The van der Waals surface area contributed by atoms with Crippen molar-refractivity contribution in [1.82, 2.24) is 0 Å². The van der Waals surface area contributed by atoms with Crippen molar-refractivity contribution >= 4 is 56.1 Å². The fourth-order valence-electron chi connectivity index (χ4n) is 9.60. The van der Waals surface area contributed by atoms with E-state index in [0.29, 0.717) is 0 Å². The molecule has 0 aliphatic heterocycles. The van der Waals surface area contributed by atoms with Crippen molar-refractivity contribution in [3.05, 3.63) is 252 Å². The Morgan fingerprint density at radius 1 is 0.373 bits per heavy atom. The molecule has 1 aromatic heterocycles. The molecule has 0 amide bonds. The van der Waals surface area contributed by atoms with E-state index in [1.54, 1.807) is 0 Å². The third kappa shape index (κ3) is 5.43. The maximum atomic E-state index is 6.39. The van der Waals surface area contributed by atoms with Gasteiger partial charge in [0.05, 0.1) is 22.5 Å². The van der Waals surface area contributed by atoms with Crippen LogP contribution in [0.25, 0.3) is 33.1 Å². The Kier molecular flexibility index (Phi) is 8.27. The molecule has 3 heteroatoms. The molecule has 11 rings (SSSR count). The summed E-state index contributed by atoms with van der Waals surface area (Å²) in [5, 5.41) is 2.19. The van der Waals surface area contributed by atoms with Crippen LogP contribution in [0.4, 0.5) is 34.1 Å². The molecule has 0 N–H and O–H groups in total. The number of furan rings is 1. The highest BCUT2D eigenvalue weighted by Gasteiger charge is 2.47. The Morgan fingerprint density at radius 2 is 0.881 bits per heavy atom. The summed E-state index contributed by atoms with van der Waals surface area (Å²) in [4.78, 5) is 4.85. The largest absolute Gasteiger partial charge is 0.456 e. The Balaban J connectivity index is 1.22. The number of nitrogens with zero attached hydrogens (tertiary/aromatic N) is 2. The van der Waals surface area contributed by atoms with Gasteiger partial charge in [0.25, 0.3) is 0 Å². The minimum Gasteiger partial charge on any atom is -0.456 e. The smallest absolute Gasteiger partial charge is 0.135 e. The van der Waals surface area contributed by atoms with Crippen molar-refractivity contribution in [3.8, 4) is 11.1 Å². The van der Waals surface area contributed by atoms with E-state index >= 15 is 0 Å². The summed E-state index contributed by atoms with van der Waals surface area (Å²) in [6, 6.07) is 81.0. The Bertz CT molecular complexity index is 3040. The molecular formula is C56H40N2O. The van der Waals surface area contributed by atoms with Gasteiger partial charge in [0.1, 0.15) is 11.2 Å². The van der Waals surface area contributed by atoms with E-state index in [4.69, 9.17) is 4.42 Å². The Morgan fingerprint density at radius 3 is 1.56 bits per heavy atom. The molecule has 0 saturated heterocycles. The quantitative estimate of drug-likeness (QED) is 0.154. The van der Waals surface area contributed by atoms with E-state index in [0.717, 1.165) is 61.6 Å². The maximum absolute atomic E-state index is 6.39. The summed E-state index contributed by atoms with van der Waals surface area (Å²) < 4.78 is 6.39. The highest BCUT2D eigenvalue weighted by atomic mass is 16.3. The van der Waals surface area contributed by atoms with Gasteiger partial charge >= 0.3 is 0 Å². The number of fused-ring (bicyclic) bond motifs is 6. The summed E-state index contributed by atoms with van der Waals surface area (Å²) in [7, 11) is 0. The van der Waals surface area contributed by atoms with Crippen LogP contribution in [0.3, 0.4) is 0 Å². The third-order valence-electron chi connectivity index (χ3n) is 12.1. The van der Waals surface area contributed by atoms with Gasteiger partial charge in [-0.3, -0.25) is 0 Å². The van der Waals surface area contributed by atoms with Crippen LogP contribution in [0.2, 0.25) is 0 Å². The van der Waals surface area contributed by atoms with Gasteiger partial charge in [-0.1, -0.05) is 158 Å². The van der Waals surface area contributed by atoms with Crippen LogP contribution in [-0.2, 0) is 5.41 Å². The molecule has 9 aromatic carbocycles. The average Bonchev–Trinajstić information content (AvgIpc) is 3.83. The lowest BCUT2D eigenvalue weighted by atomic mass is 9.68. The highest BCUT2D eigenvalue weighted by molar-refractivity contribution is 6.07. The van der Waals surface area contributed by atoms with Crippen molar-refractivity contribution in [2.45, 2.75) is 12.3 Å². The Hall–Kier alpha value is -7.62. The molecule has 10 aromatic rings. The number of para-hydroxylation sites is 3. The van der Waals surface area contributed by atoms with Crippen LogP contribution in [0.1, 0.15) is 27.8 Å². The third-order valence-corrected chi connectivity index (χ3v) is 12.1. The van der Waals surface area contributed by atoms with Crippen LogP contribution >= 0.6 is 0 Å². The molecule has 0 spiro atoms. The molecule has 0 fully saturated rings. The van der Waals surface area contributed by atoms with Gasteiger partial charge in [-0.2, -0.15) is 0 Å². The first-order valence-corrected chi connectivity index (χ1v) is 20.3. The van der Waals surface area contributed by atoms with E-state index < -0.39 is 5.41 Å². The zero-order valence-electron chi connectivity index (χ0n) is 32.7. The molecule has 1 heterocycles. The summed E-state index contributed by atoms with van der Waals surface area (Å²) in [5.41, 5.74) is 16.4. The van der Waals surface area contributed by atoms with Crippen LogP contribution < -0.4 is 9.80 Å². The monoisotopic (exact) mass is 756 g/mol. The average molecular weight is 757 g/mol. The molecular weight excluding hydrogens is 717 g/mol. The van der Waals surface area contributed by atoms with Gasteiger partial charge in [-0.15, -0.1) is 0 Å². The SMILES string of the molecule is Cc1c(N(c2ccccc2)c2ccccc2)cccc1N(c1ccc2oc3ccccc3c2c1)c1cccc2c1-c1ccccc1C2(c1ccccc1)c1ccccc1. The number of hydrogen-bond acceptors (Lipinski definition) is 3. The molecule has 280 valence electrons. The second-order valence-electron chi connectivity index (χ2n) is 15.3. The van der Waals surface area contributed by atoms with Gasteiger partial charge < -0.3 is 14.2 Å². The normalized spacial score (nSPS) is 12.6. The summed E-state index contributed by atoms with van der Waals surface area (Å²) in [5.74, 6) is 0. The van der Waals surface area contributed by atoms with E-state index in [1.807, 2.05) is 6.07 Å². The van der Waals surface area contributed by atoms with Crippen molar-refractivity contribution in [3.63, 3.8) is 0 Å². The second kappa shape index (κ2) is 14.1. The van der Waals surface area contributed by atoms with Crippen LogP contribution in [0.5, 0.6) is 0 Å². The van der Waals surface area contributed by atoms with E-state index in [2.05, 4.69) is 235 Å². The maximum Gasteiger partial charge on any atom is 0.135 e. The Labute approximate surface area is 344 Å². The summed E-state index contributed by atoms with van der Waals surface area (Å²) >= 11 is 0. The molecule has 1 aliphatic rings. The first-order valence-electron chi connectivity index (χ1n) is 20.3. The van der Waals surface area contributed by atoms with Gasteiger partial charge in [0.15, 0.2) is 0 Å². The first kappa shape index (κ1) is 34.6. The molecule has 0 radical (unpaired) electrons. The zero-order chi connectivity index (χ0) is 39.3. The highest BCUT2D eigenvalue weighted by Crippen LogP contribution is 2.60. The fraction of sp³-hybridized carbons (Fsp3) is 0.0357. The molecule has 0 unspecified atom stereocenters. The molecule has 0 atom stereocenters. The standard InChI is InChI=1S/C56H40N2O/c1-39-50(57(42-24-10-4-11-25-42)43-26-12-5-13-27-43)32-19-33-51(39)58(44-36-37-54-47(38-44)45-28-15-17-35-53(45)59-54)52-34-18-31-49-55(52)46-29-14-16-30-48(46)56(49,40-20-6-2-7-21-40)41-22-8-3-9-23-41/h2-38H,1H3. The van der Waals surface area contributed by atoms with Crippen molar-refractivity contribution in [2.75, 3.05) is 9.80 Å². The topological polar surface area (TPSA) is 19.6 Å². The molecule has 0 bridgehead atoms. The van der Waals surface area contributed by atoms with Crippen molar-refractivity contribution in [2.24, 2.45) is 0 Å². The van der Waals surface area contributed by atoms with Gasteiger partial charge in [0.2, 0.25) is 0 Å². The van der Waals surface area contributed by atoms with Crippen LogP contribution in [0.15, 0.2) is 229 Å². The summed E-state index contributed by atoms with van der Waals surface area (Å²) in [6.07, 6.45) is 0. The number of benzene rings is 9. The van der Waals surface area contributed by atoms with Gasteiger partial charge in [0, 0.05) is 33.4 Å². The first-order chi connectivity index (χ1) is 29.2. The number of rotatable bonds is 8. The molecule has 0 saturated carbocycles. The molecule has 3 nitrogen and oxygen atoms in total. The zero-order valence-corrected chi connectivity index (χ0v) is 32.7. The van der Waals surface area contributed by atoms with Crippen LogP contribution in [-0.4, -0.2) is 0 Å². The second-order valence-corrected chi connectivity index (χ2v) is 15.3. The number of anilines is 6. The lowest BCUT2D eigenvalue weighted by molar-refractivity contribution is 0.669. The van der Waals surface area contributed by atoms with E-state index in [-0.39, 0.29) is 0 Å². The van der Waals surface area contributed by atoms with Crippen molar-refractivity contribution < 1.29 is 4.42 Å². The molecule has 59 heavy (non-hydrogen) atoms. The minimum atomic E-state index is -0.533. The predicted octanol–water partition coefficient (Wildman–Crippen LogP) is 15.2. The lowest BCUT2D eigenvalue weighted by Gasteiger charge is -2.35. The number of hydrogen-bond donors (Lipinski definition) is 0. The van der Waals surface area contributed by atoms with Crippen molar-refractivity contribution in [1.29, 1.82) is 0 Å². The fourth-order valence-corrected chi connectivity index (χ4v) is 9.60. The minimum absolute atomic E-state index is 0.533. The lowest BCUT2D eigenvalue weighted by Crippen LogP contribution is -2.28. The molecule has 1 aliphatic carbocycles. The summed E-state index contributed by atoms with van der Waals surface area (Å²) in [6.45, 7) is 2.26. The van der Waals surface area contributed by atoms with E-state index in [1.165, 1.54) is 33.4 Å². The van der Waals surface area contributed by atoms with Crippen LogP contribution in [0, 0.1) is 6.92 Å². The van der Waals surface area contributed by atoms with Gasteiger partial charge in [-0.25, -0.2) is 0 Å².